The topological polar surface area (TPSA) is 75.7 Å². The fourth-order valence-corrected chi connectivity index (χ4v) is 6.33. The molecule has 1 saturated heterocycles. The van der Waals surface area contributed by atoms with E-state index in [0.717, 1.165) is 16.5 Å². The summed E-state index contributed by atoms with van der Waals surface area (Å²) in [4.78, 5) is 12.7. The van der Waals surface area contributed by atoms with Crippen molar-refractivity contribution < 1.29 is 17.9 Å². The smallest absolute Gasteiger partial charge is 0.224 e. The van der Waals surface area contributed by atoms with Crippen molar-refractivity contribution in [1.82, 2.24) is 9.62 Å². The minimum absolute atomic E-state index is 0.156. The van der Waals surface area contributed by atoms with Gasteiger partial charge in [-0.25, -0.2) is 12.7 Å². The number of sulfonamides is 1. The van der Waals surface area contributed by atoms with E-state index in [1.54, 1.807) is 12.1 Å². The van der Waals surface area contributed by atoms with Crippen LogP contribution in [0.2, 0.25) is 10.0 Å². The number of rotatable bonds is 8. The van der Waals surface area contributed by atoms with E-state index in [0.29, 0.717) is 48.1 Å². The molecule has 0 bridgehead atoms. The van der Waals surface area contributed by atoms with Crippen molar-refractivity contribution in [3.63, 3.8) is 0 Å². The molecule has 0 aliphatic carbocycles. The summed E-state index contributed by atoms with van der Waals surface area (Å²) < 4.78 is 33.2. The van der Waals surface area contributed by atoms with E-state index in [1.165, 1.54) is 10.4 Å². The second-order valence-electron chi connectivity index (χ2n) is 8.31. The number of ether oxygens (including phenoxy) is 1. The predicted molar refractivity (Wildman–Crippen MR) is 136 cm³/mol. The van der Waals surface area contributed by atoms with Crippen LogP contribution in [0.1, 0.15) is 18.4 Å². The van der Waals surface area contributed by atoms with Crippen molar-refractivity contribution in [2.24, 2.45) is 5.92 Å². The zero-order chi connectivity index (χ0) is 24.1. The molecule has 1 atom stereocenters. The highest BCUT2D eigenvalue weighted by atomic mass is 35.5. The quantitative estimate of drug-likeness (QED) is 0.429. The van der Waals surface area contributed by atoms with Gasteiger partial charge in [-0.2, -0.15) is 0 Å². The van der Waals surface area contributed by atoms with Gasteiger partial charge in [-0.15, -0.1) is 0 Å². The number of piperidine rings is 1. The highest BCUT2D eigenvalue weighted by Gasteiger charge is 2.32. The summed E-state index contributed by atoms with van der Waals surface area (Å²) in [6.45, 7) is 1.21. The van der Waals surface area contributed by atoms with Crippen LogP contribution in [0.15, 0.2) is 60.7 Å². The zero-order valence-electron chi connectivity index (χ0n) is 18.5. The van der Waals surface area contributed by atoms with Crippen molar-refractivity contribution in [3.05, 3.63) is 76.3 Å². The lowest BCUT2D eigenvalue weighted by Crippen LogP contribution is -2.46. The molecule has 0 saturated carbocycles. The standard InChI is InChI=1S/C25H26Cl2N2O4S/c26-21-11-10-20(23(27)15-21)17-34(31,32)29-13-4-7-19(16-29)25(30)28-12-14-33-24-9-3-6-18-5-1-2-8-22(18)24/h1-3,5-6,8-11,15,19H,4,7,12-14,16-17H2,(H,28,30)/t19-/m1/s1. The summed E-state index contributed by atoms with van der Waals surface area (Å²) in [6.07, 6.45) is 1.27. The molecule has 0 unspecified atom stereocenters. The molecule has 1 amide bonds. The largest absolute Gasteiger partial charge is 0.491 e. The van der Waals surface area contributed by atoms with Crippen LogP contribution in [0.25, 0.3) is 10.8 Å². The van der Waals surface area contributed by atoms with Crippen LogP contribution < -0.4 is 10.1 Å². The molecule has 1 heterocycles. The first-order valence-corrected chi connectivity index (χ1v) is 13.5. The lowest BCUT2D eigenvalue weighted by molar-refractivity contribution is -0.126. The van der Waals surface area contributed by atoms with Crippen molar-refractivity contribution in [1.29, 1.82) is 0 Å². The van der Waals surface area contributed by atoms with E-state index in [-0.39, 0.29) is 18.2 Å². The maximum Gasteiger partial charge on any atom is 0.224 e. The Morgan fingerprint density at radius 2 is 1.88 bits per heavy atom. The van der Waals surface area contributed by atoms with E-state index in [9.17, 15) is 13.2 Å². The Bertz CT molecular complexity index is 1280. The minimum Gasteiger partial charge on any atom is -0.491 e. The molecule has 9 heteroatoms. The number of hydrogen-bond acceptors (Lipinski definition) is 4. The summed E-state index contributed by atoms with van der Waals surface area (Å²) in [5, 5.41) is 5.76. The van der Waals surface area contributed by atoms with Gasteiger partial charge < -0.3 is 10.1 Å². The van der Waals surface area contributed by atoms with E-state index in [1.807, 2.05) is 42.5 Å². The number of amides is 1. The van der Waals surface area contributed by atoms with Gasteiger partial charge >= 0.3 is 0 Å². The average Bonchev–Trinajstić information content (AvgIpc) is 2.83. The number of carbonyl (C=O) groups is 1. The first-order valence-electron chi connectivity index (χ1n) is 11.1. The molecule has 0 aromatic heterocycles. The van der Waals surface area contributed by atoms with E-state index < -0.39 is 15.9 Å². The van der Waals surface area contributed by atoms with Crippen LogP contribution >= 0.6 is 23.2 Å². The number of carbonyl (C=O) groups excluding carboxylic acids is 1. The molecule has 34 heavy (non-hydrogen) atoms. The van der Waals surface area contributed by atoms with Crippen LogP contribution in [0.5, 0.6) is 5.75 Å². The third-order valence-corrected chi connectivity index (χ3v) is 8.29. The third kappa shape index (κ3) is 6.02. The number of hydrogen-bond donors (Lipinski definition) is 1. The normalized spacial score (nSPS) is 16.9. The van der Waals surface area contributed by atoms with Gasteiger partial charge in [-0.05, 0) is 42.0 Å². The first-order chi connectivity index (χ1) is 16.3. The summed E-state index contributed by atoms with van der Waals surface area (Å²) in [5.74, 6) is -0.0215. The van der Waals surface area contributed by atoms with Crippen LogP contribution in [0.4, 0.5) is 0 Å². The minimum atomic E-state index is -3.62. The molecule has 0 radical (unpaired) electrons. The van der Waals surface area contributed by atoms with E-state index in [2.05, 4.69) is 5.32 Å². The van der Waals surface area contributed by atoms with Crippen LogP contribution in [-0.4, -0.2) is 44.9 Å². The Morgan fingerprint density at radius 3 is 2.71 bits per heavy atom. The van der Waals surface area contributed by atoms with Gasteiger partial charge in [-0.3, -0.25) is 4.79 Å². The predicted octanol–water partition coefficient (Wildman–Crippen LogP) is 4.88. The Balaban J connectivity index is 1.29. The fourth-order valence-electron chi connectivity index (χ4n) is 4.14. The van der Waals surface area contributed by atoms with Crippen LogP contribution in [0.3, 0.4) is 0 Å². The lowest BCUT2D eigenvalue weighted by atomic mass is 9.99. The van der Waals surface area contributed by atoms with E-state index >= 15 is 0 Å². The molecule has 1 aliphatic heterocycles. The maximum atomic E-state index is 13.0. The Morgan fingerprint density at radius 1 is 1.09 bits per heavy atom. The van der Waals surface area contributed by atoms with Crippen molar-refractivity contribution in [3.8, 4) is 5.75 Å². The molecule has 4 rings (SSSR count). The number of halogens is 2. The summed E-state index contributed by atoms with van der Waals surface area (Å²) >= 11 is 12.1. The Kier molecular flexibility index (Phi) is 7.99. The molecular weight excluding hydrogens is 495 g/mol. The van der Waals surface area contributed by atoms with Crippen molar-refractivity contribution >= 4 is 49.9 Å². The van der Waals surface area contributed by atoms with Gasteiger partial charge in [0.25, 0.3) is 0 Å². The lowest BCUT2D eigenvalue weighted by Gasteiger charge is -2.31. The molecule has 3 aromatic rings. The number of nitrogens with zero attached hydrogens (tertiary/aromatic N) is 1. The van der Waals surface area contributed by atoms with Crippen LogP contribution in [-0.2, 0) is 20.6 Å². The zero-order valence-corrected chi connectivity index (χ0v) is 20.9. The molecule has 1 N–H and O–H groups in total. The molecule has 1 fully saturated rings. The Hall–Kier alpha value is -2.32. The second-order valence-corrected chi connectivity index (χ2v) is 11.1. The summed E-state index contributed by atoms with van der Waals surface area (Å²) in [7, 11) is -3.62. The van der Waals surface area contributed by atoms with Gasteiger partial charge in [-0.1, -0.05) is 65.7 Å². The van der Waals surface area contributed by atoms with Crippen molar-refractivity contribution in [2.45, 2.75) is 18.6 Å². The van der Waals surface area contributed by atoms with Gasteiger partial charge in [0.15, 0.2) is 0 Å². The first kappa shape index (κ1) is 24.8. The molecule has 3 aromatic carbocycles. The average molecular weight is 521 g/mol. The summed E-state index contributed by atoms with van der Waals surface area (Å²) in [5.41, 5.74) is 0.489. The van der Waals surface area contributed by atoms with Crippen LogP contribution in [0, 0.1) is 5.92 Å². The summed E-state index contributed by atoms with van der Waals surface area (Å²) in [6, 6.07) is 18.6. The highest BCUT2D eigenvalue weighted by molar-refractivity contribution is 7.88. The highest BCUT2D eigenvalue weighted by Crippen LogP contribution is 2.27. The van der Waals surface area contributed by atoms with Gasteiger partial charge in [0.1, 0.15) is 12.4 Å². The molecule has 1 aliphatic rings. The Labute approximate surface area is 209 Å². The molecule has 180 valence electrons. The second kappa shape index (κ2) is 11.0. The third-order valence-electron chi connectivity index (χ3n) is 5.91. The van der Waals surface area contributed by atoms with Gasteiger partial charge in [0.05, 0.1) is 18.2 Å². The van der Waals surface area contributed by atoms with Gasteiger partial charge in [0.2, 0.25) is 15.9 Å². The fraction of sp³-hybridized carbons (Fsp3) is 0.320. The molecule has 0 spiro atoms. The number of nitrogens with one attached hydrogen (secondary N) is 1. The maximum absolute atomic E-state index is 13.0. The van der Waals surface area contributed by atoms with Gasteiger partial charge in [0, 0.05) is 28.5 Å². The number of fused-ring (bicyclic) bond motifs is 1. The monoisotopic (exact) mass is 520 g/mol. The van der Waals surface area contributed by atoms with E-state index in [4.69, 9.17) is 27.9 Å². The number of benzene rings is 3. The molecule has 6 nitrogen and oxygen atoms in total. The molecular formula is C25H26Cl2N2O4S. The SMILES string of the molecule is O=C(NCCOc1cccc2ccccc12)[C@@H]1CCCN(S(=O)(=O)Cc2ccc(Cl)cc2Cl)C1. The van der Waals surface area contributed by atoms with Crippen molar-refractivity contribution in [2.75, 3.05) is 26.2 Å².